The van der Waals surface area contributed by atoms with E-state index in [2.05, 4.69) is 5.32 Å². The van der Waals surface area contributed by atoms with Gasteiger partial charge in [-0.3, -0.25) is 19.3 Å². The summed E-state index contributed by atoms with van der Waals surface area (Å²) in [6.07, 6.45) is 0.785. The molecule has 7 heteroatoms. The number of hydrogen-bond acceptors (Lipinski definition) is 4. The summed E-state index contributed by atoms with van der Waals surface area (Å²) >= 11 is 0. The number of nitrogens with one attached hydrogen (secondary N) is 1. The van der Waals surface area contributed by atoms with E-state index in [0.29, 0.717) is 11.3 Å². The number of benzene rings is 3. The first-order valence-electron chi connectivity index (χ1n) is 11.9. The molecule has 0 radical (unpaired) electrons. The standard InChI is InChI=1S/C28H31N3O4/c1-5-18(2)29-27(33)19(3)30(16-20-9-6-12-22(15-20)35-4)25(32)17-31-24-14-8-11-21-10-7-13-23(26(21)24)28(31)34/h6-15,18-19H,5,16-17H2,1-4H3,(H,29,33)/t18-,19+/m0/s1. The van der Waals surface area contributed by atoms with E-state index in [4.69, 9.17) is 4.74 Å². The fourth-order valence-corrected chi connectivity index (χ4v) is 4.38. The largest absolute Gasteiger partial charge is 0.497 e. The summed E-state index contributed by atoms with van der Waals surface area (Å²) < 4.78 is 5.33. The van der Waals surface area contributed by atoms with E-state index >= 15 is 0 Å². The molecule has 0 bridgehead atoms. The van der Waals surface area contributed by atoms with Gasteiger partial charge < -0.3 is 15.0 Å². The summed E-state index contributed by atoms with van der Waals surface area (Å²) in [4.78, 5) is 43.0. The predicted molar refractivity (Wildman–Crippen MR) is 137 cm³/mol. The monoisotopic (exact) mass is 473 g/mol. The molecule has 1 N–H and O–H groups in total. The molecule has 0 spiro atoms. The molecule has 3 amide bonds. The summed E-state index contributed by atoms with van der Waals surface area (Å²) in [6, 6.07) is 18.0. The van der Waals surface area contributed by atoms with Gasteiger partial charge in [-0.05, 0) is 55.5 Å². The zero-order valence-electron chi connectivity index (χ0n) is 20.6. The van der Waals surface area contributed by atoms with E-state index in [1.54, 1.807) is 20.1 Å². The maximum atomic E-state index is 13.7. The highest BCUT2D eigenvalue weighted by atomic mass is 16.5. The van der Waals surface area contributed by atoms with Crippen molar-refractivity contribution in [1.29, 1.82) is 0 Å². The van der Waals surface area contributed by atoms with Crippen molar-refractivity contribution >= 4 is 34.2 Å². The summed E-state index contributed by atoms with van der Waals surface area (Å²) in [7, 11) is 1.58. The molecule has 182 valence electrons. The van der Waals surface area contributed by atoms with Gasteiger partial charge in [-0.1, -0.05) is 43.3 Å². The fourth-order valence-electron chi connectivity index (χ4n) is 4.38. The Morgan fingerprint density at radius 1 is 1.06 bits per heavy atom. The molecular weight excluding hydrogens is 442 g/mol. The number of carbonyl (C=O) groups is 3. The maximum absolute atomic E-state index is 13.7. The molecule has 1 aliphatic heterocycles. The van der Waals surface area contributed by atoms with Gasteiger partial charge in [0.1, 0.15) is 18.3 Å². The van der Waals surface area contributed by atoms with Gasteiger partial charge in [0.05, 0.1) is 12.8 Å². The Balaban J connectivity index is 1.62. The van der Waals surface area contributed by atoms with Crippen molar-refractivity contribution in [3.05, 3.63) is 71.8 Å². The average Bonchev–Trinajstić information content (AvgIpc) is 3.14. The Kier molecular flexibility index (Phi) is 7.05. The third kappa shape index (κ3) is 4.85. The molecule has 3 aromatic rings. The van der Waals surface area contributed by atoms with Gasteiger partial charge >= 0.3 is 0 Å². The van der Waals surface area contributed by atoms with Crippen LogP contribution in [0.25, 0.3) is 10.8 Å². The number of ether oxygens (including phenoxy) is 1. The Labute approximate surface area is 205 Å². The number of methoxy groups -OCH3 is 1. The fraction of sp³-hybridized carbons (Fsp3) is 0.321. The Morgan fingerprint density at radius 3 is 2.49 bits per heavy atom. The van der Waals surface area contributed by atoms with Crippen LogP contribution in [0.1, 0.15) is 43.1 Å². The van der Waals surface area contributed by atoms with Crippen molar-refractivity contribution in [1.82, 2.24) is 10.2 Å². The molecule has 0 saturated carbocycles. The van der Waals surface area contributed by atoms with Gasteiger partial charge in [-0.2, -0.15) is 0 Å². The van der Waals surface area contributed by atoms with E-state index in [0.717, 1.165) is 28.4 Å². The van der Waals surface area contributed by atoms with Crippen LogP contribution in [0, 0.1) is 0 Å². The van der Waals surface area contributed by atoms with Gasteiger partial charge in [0.25, 0.3) is 5.91 Å². The smallest absolute Gasteiger partial charge is 0.259 e. The second-order valence-electron chi connectivity index (χ2n) is 8.94. The first-order chi connectivity index (χ1) is 16.8. The van der Waals surface area contributed by atoms with E-state index in [1.165, 1.54) is 9.80 Å². The molecule has 0 aromatic heterocycles. The number of rotatable bonds is 9. The van der Waals surface area contributed by atoms with E-state index < -0.39 is 6.04 Å². The average molecular weight is 474 g/mol. The highest BCUT2D eigenvalue weighted by molar-refractivity contribution is 6.26. The number of carbonyl (C=O) groups excluding carboxylic acids is 3. The molecule has 4 rings (SSSR count). The van der Waals surface area contributed by atoms with Crippen LogP contribution in [0.3, 0.4) is 0 Å². The molecule has 3 aromatic carbocycles. The lowest BCUT2D eigenvalue weighted by Gasteiger charge is -2.31. The van der Waals surface area contributed by atoms with Gasteiger partial charge in [0.2, 0.25) is 11.8 Å². The highest BCUT2D eigenvalue weighted by Crippen LogP contribution is 2.37. The van der Waals surface area contributed by atoms with Crippen LogP contribution < -0.4 is 15.0 Å². The molecule has 0 fully saturated rings. The maximum Gasteiger partial charge on any atom is 0.259 e. The normalized spacial score (nSPS) is 14.1. The minimum atomic E-state index is -0.724. The Bertz CT molecular complexity index is 1270. The van der Waals surface area contributed by atoms with Crippen LogP contribution in [-0.4, -0.2) is 48.4 Å². The summed E-state index contributed by atoms with van der Waals surface area (Å²) in [5.41, 5.74) is 2.14. The molecule has 1 aliphatic rings. The summed E-state index contributed by atoms with van der Waals surface area (Å²) in [5.74, 6) is -0.0711. The van der Waals surface area contributed by atoms with Crippen molar-refractivity contribution < 1.29 is 19.1 Å². The van der Waals surface area contributed by atoms with Crippen LogP contribution >= 0.6 is 0 Å². The van der Waals surface area contributed by atoms with Crippen LogP contribution in [0.15, 0.2) is 60.7 Å². The Hall–Kier alpha value is -3.87. The van der Waals surface area contributed by atoms with Gasteiger partial charge in [0, 0.05) is 23.5 Å². The predicted octanol–water partition coefficient (Wildman–Crippen LogP) is 4.14. The number of amides is 3. The van der Waals surface area contributed by atoms with E-state index in [1.807, 2.05) is 68.4 Å². The highest BCUT2D eigenvalue weighted by Gasteiger charge is 2.34. The van der Waals surface area contributed by atoms with E-state index in [-0.39, 0.29) is 36.9 Å². The number of hydrogen-bond donors (Lipinski definition) is 1. The van der Waals surface area contributed by atoms with Gasteiger partial charge in [0.15, 0.2) is 0 Å². The van der Waals surface area contributed by atoms with Gasteiger partial charge in [-0.15, -0.1) is 0 Å². The minimum absolute atomic E-state index is 0.00835. The molecule has 0 unspecified atom stereocenters. The van der Waals surface area contributed by atoms with Crippen molar-refractivity contribution in [2.24, 2.45) is 0 Å². The third-order valence-electron chi connectivity index (χ3n) is 6.60. The lowest BCUT2D eigenvalue weighted by atomic mass is 10.1. The SMILES string of the molecule is CC[C@H](C)NC(=O)[C@@H](C)N(Cc1cccc(OC)c1)C(=O)CN1C(=O)c2cccc3cccc1c23. The summed E-state index contributed by atoms with van der Waals surface area (Å²) in [5, 5.41) is 4.78. The zero-order valence-corrected chi connectivity index (χ0v) is 20.6. The number of anilines is 1. The van der Waals surface area contributed by atoms with Crippen LogP contribution in [0.2, 0.25) is 0 Å². The zero-order chi connectivity index (χ0) is 25.1. The lowest BCUT2D eigenvalue weighted by Crippen LogP contribution is -2.52. The van der Waals surface area contributed by atoms with Crippen LogP contribution in [0.4, 0.5) is 5.69 Å². The topological polar surface area (TPSA) is 79.0 Å². The second-order valence-corrected chi connectivity index (χ2v) is 8.94. The van der Waals surface area contributed by atoms with Crippen LogP contribution in [-0.2, 0) is 16.1 Å². The molecule has 35 heavy (non-hydrogen) atoms. The van der Waals surface area contributed by atoms with E-state index in [9.17, 15) is 14.4 Å². The molecule has 0 saturated heterocycles. The number of nitrogens with zero attached hydrogens (tertiary/aromatic N) is 2. The quantitative estimate of drug-likeness (QED) is 0.507. The Morgan fingerprint density at radius 2 is 1.77 bits per heavy atom. The van der Waals surface area contributed by atoms with Crippen molar-refractivity contribution in [2.75, 3.05) is 18.6 Å². The van der Waals surface area contributed by atoms with Crippen molar-refractivity contribution in [2.45, 2.75) is 45.8 Å². The van der Waals surface area contributed by atoms with Crippen molar-refractivity contribution in [3.63, 3.8) is 0 Å². The molecule has 0 aliphatic carbocycles. The minimum Gasteiger partial charge on any atom is -0.497 e. The molecule has 1 heterocycles. The molecular formula is C28H31N3O4. The third-order valence-corrected chi connectivity index (χ3v) is 6.60. The second kappa shape index (κ2) is 10.2. The summed E-state index contributed by atoms with van der Waals surface area (Å²) in [6.45, 7) is 5.70. The lowest BCUT2D eigenvalue weighted by molar-refractivity contribution is -0.139. The van der Waals surface area contributed by atoms with Crippen LogP contribution in [0.5, 0.6) is 5.75 Å². The van der Waals surface area contributed by atoms with Gasteiger partial charge in [-0.25, -0.2) is 0 Å². The van der Waals surface area contributed by atoms with Crippen molar-refractivity contribution in [3.8, 4) is 5.75 Å². The molecule has 7 nitrogen and oxygen atoms in total. The first kappa shape index (κ1) is 24.3. The molecule has 2 atom stereocenters. The first-order valence-corrected chi connectivity index (χ1v) is 11.9.